The van der Waals surface area contributed by atoms with Crippen molar-refractivity contribution in [1.29, 1.82) is 5.26 Å². The number of nitriles is 1. The minimum atomic E-state index is 0.284. The third-order valence-electron chi connectivity index (χ3n) is 4.58. The van der Waals surface area contributed by atoms with Crippen LogP contribution in [-0.4, -0.2) is 11.5 Å². The Morgan fingerprint density at radius 2 is 2.00 bits per heavy atom. The van der Waals surface area contributed by atoms with Gasteiger partial charge in [0, 0.05) is 12.7 Å². The molecule has 4 nitrogen and oxygen atoms in total. The molecule has 0 radical (unpaired) electrons. The molecule has 22 heavy (non-hydrogen) atoms. The molecule has 2 aromatic rings. The van der Waals surface area contributed by atoms with Gasteiger partial charge in [0.25, 0.3) is 0 Å². The average Bonchev–Trinajstić information content (AvgIpc) is 2.51. The van der Waals surface area contributed by atoms with E-state index < -0.39 is 0 Å². The lowest BCUT2D eigenvalue weighted by Crippen LogP contribution is -2.38. The molecule has 0 bridgehead atoms. The number of nitrogens with zero attached hydrogens (tertiary/aromatic N) is 2. The van der Waals surface area contributed by atoms with E-state index in [4.69, 9.17) is 5.73 Å². The zero-order valence-corrected chi connectivity index (χ0v) is 12.5. The second kappa shape index (κ2) is 6.07. The topological polar surface area (TPSA) is 74.7 Å². The molecule has 0 saturated heterocycles. The van der Waals surface area contributed by atoms with E-state index in [2.05, 4.69) is 40.6 Å². The van der Waals surface area contributed by atoms with E-state index in [-0.39, 0.29) is 5.41 Å². The van der Waals surface area contributed by atoms with Crippen molar-refractivity contribution in [2.45, 2.75) is 25.7 Å². The first kappa shape index (κ1) is 14.4. The van der Waals surface area contributed by atoms with Crippen molar-refractivity contribution in [2.24, 2.45) is 5.41 Å². The standard InChI is InChI=1S/C18H20N4/c19-12-15-16(7-10-21-17(15)20)22-13-18(8-4-9-18)11-14-5-2-1-3-6-14/h1-3,5-7,10H,4,8-9,11,13H2,(H3,20,21,22). The van der Waals surface area contributed by atoms with Crippen LogP contribution in [0.3, 0.4) is 0 Å². The van der Waals surface area contributed by atoms with Gasteiger partial charge in [0.15, 0.2) is 0 Å². The molecule has 4 heteroatoms. The van der Waals surface area contributed by atoms with Crippen LogP contribution in [0.1, 0.15) is 30.4 Å². The molecule has 3 N–H and O–H groups in total. The highest BCUT2D eigenvalue weighted by atomic mass is 14.9. The number of nitrogen functional groups attached to an aromatic ring is 1. The van der Waals surface area contributed by atoms with Crippen LogP contribution in [0.25, 0.3) is 0 Å². The first-order chi connectivity index (χ1) is 10.7. The highest BCUT2D eigenvalue weighted by Crippen LogP contribution is 2.44. The van der Waals surface area contributed by atoms with Gasteiger partial charge in [0.05, 0.1) is 5.69 Å². The lowest BCUT2D eigenvalue weighted by Gasteiger charge is -2.42. The van der Waals surface area contributed by atoms with Crippen LogP contribution in [-0.2, 0) is 6.42 Å². The largest absolute Gasteiger partial charge is 0.383 e. The molecular formula is C18H20N4. The van der Waals surface area contributed by atoms with Gasteiger partial charge in [0.2, 0.25) is 0 Å². The average molecular weight is 292 g/mol. The lowest BCUT2D eigenvalue weighted by molar-refractivity contribution is 0.151. The number of benzene rings is 1. The molecule has 0 unspecified atom stereocenters. The Balaban J connectivity index is 1.72. The number of aromatic nitrogens is 1. The Kier molecular flexibility index (Phi) is 3.97. The van der Waals surface area contributed by atoms with Crippen molar-refractivity contribution in [1.82, 2.24) is 4.98 Å². The van der Waals surface area contributed by atoms with Crippen molar-refractivity contribution in [3.63, 3.8) is 0 Å². The second-order valence-corrected chi connectivity index (χ2v) is 6.10. The van der Waals surface area contributed by atoms with Gasteiger partial charge in [-0.1, -0.05) is 36.8 Å². The molecule has 1 aliphatic carbocycles. The lowest BCUT2D eigenvalue weighted by atomic mass is 9.65. The van der Waals surface area contributed by atoms with E-state index in [0.29, 0.717) is 11.4 Å². The summed E-state index contributed by atoms with van der Waals surface area (Å²) >= 11 is 0. The number of hydrogen-bond donors (Lipinski definition) is 2. The van der Waals surface area contributed by atoms with E-state index in [0.717, 1.165) is 18.7 Å². The zero-order valence-electron chi connectivity index (χ0n) is 12.5. The minimum Gasteiger partial charge on any atom is -0.383 e. The SMILES string of the molecule is N#Cc1c(NCC2(Cc3ccccc3)CCC2)ccnc1N. The fourth-order valence-electron chi connectivity index (χ4n) is 3.15. The second-order valence-electron chi connectivity index (χ2n) is 6.10. The summed E-state index contributed by atoms with van der Waals surface area (Å²) in [7, 11) is 0. The number of nitrogens with one attached hydrogen (secondary N) is 1. The molecule has 0 aliphatic heterocycles. The van der Waals surface area contributed by atoms with E-state index in [1.807, 2.05) is 12.1 Å². The molecule has 1 heterocycles. The number of rotatable bonds is 5. The van der Waals surface area contributed by atoms with Gasteiger partial charge in [-0.05, 0) is 36.3 Å². The van der Waals surface area contributed by atoms with Crippen LogP contribution in [0.15, 0.2) is 42.6 Å². The van der Waals surface area contributed by atoms with Crippen molar-refractivity contribution >= 4 is 11.5 Å². The maximum absolute atomic E-state index is 9.23. The molecule has 1 aromatic heterocycles. The van der Waals surface area contributed by atoms with Crippen LogP contribution in [0.4, 0.5) is 11.5 Å². The summed E-state index contributed by atoms with van der Waals surface area (Å²) in [6, 6.07) is 14.6. The van der Waals surface area contributed by atoms with Crippen LogP contribution < -0.4 is 11.1 Å². The molecule has 0 spiro atoms. The summed E-state index contributed by atoms with van der Waals surface area (Å²) in [5.74, 6) is 0.290. The maximum Gasteiger partial charge on any atom is 0.143 e. The predicted molar refractivity (Wildman–Crippen MR) is 88.3 cm³/mol. The van der Waals surface area contributed by atoms with E-state index in [9.17, 15) is 5.26 Å². The van der Waals surface area contributed by atoms with Crippen molar-refractivity contribution in [3.8, 4) is 6.07 Å². The zero-order chi connectivity index (χ0) is 15.4. The van der Waals surface area contributed by atoms with Gasteiger partial charge in [-0.15, -0.1) is 0 Å². The Hall–Kier alpha value is -2.54. The van der Waals surface area contributed by atoms with Gasteiger partial charge in [-0.25, -0.2) is 4.98 Å². The van der Waals surface area contributed by atoms with Crippen LogP contribution in [0, 0.1) is 16.7 Å². The molecule has 1 fully saturated rings. The first-order valence-corrected chi connectivity index (χ1v) is 7.65. The fraction of sp³-hybridized carbons (Fsp3) is 0.333. The first-order valence-electron chi connectivity index (χ1n) is 7.65. The summed E-state index contributed by atoms with van der Waals surface area (Å²) in [5, 5.41) is 12.7. The Morgan fingerprint density at radius 3 is 2.64 bits per heavy atom. The summed E-state index contributed by atoms with van der Waals surface area (Å²) in [5.41, 5.74) is 8.65. The monoisotopic (exact) mass is 292 g/mol. The Bertz CT molecular complexity index is 684. The molecule has 0 amide bonds. The molecule has 1 aromatic carbocycles. The number of nitrogens with two attached hydrogens (primary N) is 1. The molecule has 112 valence electrons. The van der Waals surface area contributed by atoms with Crippen molar-refractivity contribution in [3.05, 3.63) is 53.7 Å². The number of hydrogen-bond acceptors (Lipinski definition) is 4. The summed E-state index contributed by atoms with van der Waals surface area (Å²) in [6.45, 7) is 0.861. The summed E-state index contributed by atoms with van der Waals surface area (Å²) < 4.78 is 0. The maximum atomic E-state index is 9.23. The smallest absolute Gasteiger partial charge is 0.143 e. The molecule has 1 aliphatic rings. The Labute approximate surface area is 131 Å². The normalized spacial score (nSPS) is 15.6. The molecular weight excluding hydrogens is 272 g/mol. The van der Waals surface area contributed by atoms with Gasteiger partial charge >= 0.3 is 0 Å². The van der Waals surface area contributed by atoms with E-state index in [1.54, 1.807) is 6.20 Å². The third-order valence-corrected chi connectivity index (χ3v) is 4.58. The van der Waals surface area contributed by atoms with E-state index >= 15 is 0 Å². The number of pyridine rings is 1. The summed E-state index contributed by atoms with van der Waals surface area (Å²) in [6.07, 6.45) is 6.43. The van der Waals surface area contributed by atoms with Gasteiger partial charge in [-0.2, -0.15) is 5.26 Å². The Morgan fingerprint density at radius 1 is 1.23 bits per heavy atom. The molecule has 1 saturated carbocycles. The van der Waals surface area contributed by atoms with Crippen molar-refractivity contribution < 1.29 is 0 Å². The molecule has 0 atom stereocenters. The van der Waals surface area contributed by atoms with Crippen LogP contribution in [0.2, 0.25) is 0 Å². The molecule has 3 rings (SSSR count). The highest BCUT2D eigenvalue weighted by Gasteiger charge is 2.36. The van der Waals surface area contributed by atoms with Gasteiger partial charge < -0.3 is 11.1 Å². The van der Waals surface area contributed by atoms with Crippen LogP contribution >= 0.6 is 0 Å². The van der Waals surface area contributed by atoms with Crippen LogP contribution in [0.5, 0.6) is 0 Å². The van der Waals surface area contributed by atoms with Crippen molar-refractivity contribution in [2.75, 3.05) is 17.6 Å². The van der Waals surface area contributed by atoms with Gasteiger partial charge in [0.1, 0.15) is 17.5 Å². The number of anilines is 2. The summed E-state index contributed by atoms with van der Waals surface area (Å²) in [4.78, 5) is 3.97. The van der Waals surface area contributed by atoms with E-state index in [1.165, 1.54) is 24.8 Å². The quantitative estimate of drug-likeness (QED) is 0.886. The fourth-order valence-corrected chi connectivity index (χ4v) is 3.15. The minimum absolute atomic E-state index is 0.284. The predicted octanol–water partition coefficient (Wildman–Crippen LogP) is 3.36. The van der Waals surface area contributed by atoms with Gasteiger partial charge in [-0.3, -0.25) is 0 Å². The third kappa shape index (κ3) is 2.89. The highest BCUT2D eigenvalue weighted by molar-refractivity contribution is 5.66.